The average molecular weight is 1250 g/mol. The molecule has 0 unspecified atom stereocenters. The zero-order valence-electron chi connectivity index (χ0n) is 54.6. The van der Waals surface area contributed by atoms with Crippen LogP contribution in [0.25, 0.3) is 22.4 Å². The molecule has 27 heteroatoms. The number of benzene rings is 2. The fourth-order valence-electron chi connectivity index (χ4n) is 12.6. The summed E-state index contributed by atoms with van der Waals surface area (Å²) in [5.74, 6) is -11.5. The van der Waals surface area contributed by atoms with Gasteiger partial charge in [-0.1, -0.05) is 61.5 Å². The third-order valence-corrected chi connectivity index (χ3v) is 17.9. The van der Waals surface area contributed by atoms with Gasteiger partial charge in [-0.3, -0.25) is 52.7 Å². The molecule has 0 bridgehead atoms. The number of hydrogen-bond acceptors (Lipinski definition) is 16. The van der Waals surface area contributed by atoms with Crippen molar-refractivity contribution in [3.05, 3.63) is 50.2 Å². The zero-order chi connectivity index (χ0) is 67.0. The van der Waals surface area contributed by atoms with Crippen LogP contribution in [0, 0.1) is 44.4 Å². The Morgan fingerprint density at radius 3 is 1.41 bits per heavy atom. The van der Waals surface area contributed by atoms with Gasteiger partial charge in [-0.2, -0.15) is 0 Å². The summed E-state index contributed by atoms with van der Waals surface area (Å²) >= 11 is 0. The van der Waals surface area contributed by atoms with Gasteiger partial charge in [-0.25, -0.2) is 14.6 Å². The minimum Gasteiger partial charge on any atom is -0.458 e. The average Bonchev–Trinajstić information content (AvgIpc) is 0.893. The van der Waals surface area contributed by atoms with Gasteiger partial charge in [0.2, 0.25) is 47.3 Å². The van der Waals surface area contributed by atoms with Crippen molar-refractivity contribution in [3.63, 3.8) is 0 Å². The predicted molar refractivity (Wildman–Crippen MR) is 328 cm³/mol. The molecule has 1 aromatic rings. The summed E-state index contributed by atoms with van der Waals surface area (Å²) in [5, 5.41) is 10.9. The quantitative estimate of drug-likeness (QED) is 0.156. The maximum absolute atomic E-state index is 15.3. The largest absolute Gasteiger partial charge is 0.458 e. The Kier molecular flexibility index (Phi) is 21.2. The van der Waals surface area contributed by atoms with E-state index in [1.54, 1.807) is 68.4 Å². The van der Waals surface area contributed by atoms with Crippen LogP contribution in [0.4, 0.5) is 0 Å². The molecule has 0 saturated carbocycles. The molecule has 6 aliphatic rings. The van der Waals surface area contributed by atoms with E-state index >= 15 is 9.59 Å². The Morgan fingerprint density at radius 1 is 0.578 bits per heavy atom. The van der Waals surface area contributed by atoms with Crippen molar-refractivity contribution in [2.24, 2.45) is 23.7 Å². The first kappa shape index (κ1) is 69.0. The van der Waals surface area contributed by atoms with E-state index in [0.29, 0.717) is 24.8 Å². The molecule has 1 aromatic carbocycles. The molecule has 5 heterocycles. The second-order valence-corrected chi connectivity index (χ2v) is 25.9. The molecule has 0 spiro atoms. The number of cyclic esters (lactones) is 2. The van der Waals surface area contributed by atoms with Gasteiger partial charge in [0.15, 0.2) is 5.43 Å². The van der Waals surface area contributed by atoms with Gasteiger partial charge in [0, 0.05) is 52.4 Å². The van der Waals surface area contributed by atoms with Crippen molar-refractivity contribution in [1.82, 2.24) is 60.6 Å². The highest BCUT2D eigenvalue weighted by atomic mass is 16.6. The summed E-state index contributed by atoms with van der Waals surface area (Å²) in [5.41, 5.74) is -0.646. The molecular formula is C63H88N12O15. The van der Waals surface area contributed by atoms with Gasteiger partial charge < -0.3 is 65.1 Å². The number of hydrogen-bond donors (Lipinski definition) is 5. The highest BCUT2D eigenvalue weighted by Gasteiger charge is 2.46. The number of nitrogens with one attached hydrogen (secondary N) is 5. The lowest BCUT2D eigenvalue weighted by molar-refractivity contribution is -0.163. The number of aromatic nitrogens is 2. The fraction of sp³-hybridized carbons (Fsp3) is 0.619. The topological polar surface area (TPSA) is 337 Å². The molecule has 490 valence electrons. The van der Waals surface area contributed by atoms with Crippen LogP contribution in [0.5, 0.6) is 0 Å². The smallest absolute Gasteiger partial charge is 0.329 e. The number of carbonyl (C=O) groups excluding carboxylic acids is 12. The van der Waals surface area contributed by atoms with Crippen LogP contribution in [0.3, 0.4) is 0 Å². The molecule has 0 aromatic heterocycles. The van der Waals surface area contributed by atoms with Crippen LogP contribution in [0.1, 0.15) is 132 Å². The lowest BCUT2D eigenvalue weighted by atomic mass is 9.95. The number of fused-ring (bicyclic) bond motifs is 4. The van der Waals surface area contributed by atoms with Gasteiger partial charge in [0.05, 0.1) is 35.4 Å². The molecule has 90 heavy (non-hydrogen) atoms. The minimum atomic E-state index is -1.81. The third-order valence-electron chi connectivity index (χ3n) is 17.9. The van der Waals surface area contributed by atoms with Crippen LogP contribution >= 0.6 is 0 Å². The Labute approximate surface area is 523 Å². The van der Waals surface area contributed by atoms with E-state index in [1.165, 1.54) is 81.6 Å². The molecule has 7 rings (SSSR count). The van der Waals surface area contributed by atoms with Gasteiger partial charge >= 0.3 is 11.9 Å². The molecule has 5 aliphatic heterocycles. The van der Waals surface area contributed by atoms with Crippen molar-refractivity contribution in [1.29, 1.82) is 0 Å². The third kappa shape index (κ3) is 13.8. The van der Waals surface area contributed by atoms with Gasteiger partial charge in [-0.05, 0) is 95.6 Å². The lowest BCUT2D eigenvalue weighted by Gasteiger charge is -2.36. The van der Waals surface area contributed by atoms with E-state index in [-0.39, 0.29) is 64.2 Å². The molecule has 4 fully saturated rings. The molecule has 1 aliphatic carbocycles. The van der Waals surface area contributed by atoms with E-state index in [1.807, 2.05) is 0 Å². The zero-order valence-corrected chi connectivity index (χ0v) is 54.6. The summed E-state index contributed by atoms with van der Waals surface area (Å²) in [6.07, 6.45) is -1.50. The first-order chi connectivity index (χ1) is 42.1. The van der Waals surface area contributed by atoms with Gasteiger partial charge in [0.1, 0.15) is 71.8 Å². The first-order valence-electron chi connectivity index (χ1n) is 30.8. The normalized spacial score (nSPS) is 26.2. The SMILES string of the molecule is Cc1c2[nH]c3c(C)ccc(C(=O)N[C@@H]4C(=O)N[C@H](C(C)C)C(=O)N5CCC[C@H]5C(=O)N(C)CC(=O)N(C)[C@@H](C(C)C)C(=O)O[C@@H]4C)c3nc-2c(C(=O)N[C@@H]2C(=O)N[C@H](C(C)C)C(=O)N3CCC[C@H]3C(=O)N(C)CC(=O)N(C)[C@@H](C(C)C)C(=O)O[C@@H]2C)c(C)c1=O. The molecule has 10 amide bonds. The van der Waals surface area contributed by atoms with Crippen molar-refractivity contribution in [2.45, 2.75) is 176 Å². The van der Waals surface area contributed by atoms with Crippen LogP contribution in [0.15, 0.2) is 16.9 Å². The number of ether oxygens (including phenoxy) is 2. The Bertz CT molecular complexity index is 3410. The number of H-pyrrole nitrogens is 1. The van der Waals surface area contributed by atoms with Crippen LogP contribution in [-0.4, -0.2) is 225 Å². The maximum atomic E-state index is 15.3. The van der Waals surface area contributed by atoms with E-state index in [9.17, 15) is 52.7 Å². The summed E-state index contributed by atoms with van der Waals surface area (Å²) in [6, 6.07) is -7.49. The molecule has 10 atom stereocenters. The second-order valence-electron chi connectivity index (χ2n) is 25.9. The molecule has 4 saturated heterocycles. The Morgan fingerprint density at radius 2 is 1.00 bits per heavy atom. The second kappa shape index (κ2) is 27.7. The molecule has 0 radical (unpaired) electrons. The number of aromatic amines is 1. The maximum Gasteiger partial charge on any atom is 0.329 e. The number of likely N-dealkylation sites (N-methyl/N-ethyl adjacent to an activating group) is 4. The number of amides is 10. The van der Waals surface area contributed by atoms with E-state index in [4.69, 9.17) is 14.5 Å². The Hall–Kier alpha value is -8.52. The summed E-state index contributed by atoms with van der Waals surface area (Å²) in [4.78, 5) is 203. The lowest BCUT2D eigenvalue weighted by Crippen LogP contribution is -2.61. The summed E-state index contributed by atoms with van der Waals surface area (Å²) < 4.78 is 12.0. The van der Waals surface area contributed by atoms with Crippen molar-refractivity contribution < 1.29 is 67.0 Å². The van der Waals surface area contributed by atoms with Gasteiger partial charge in [0.25, 0.3) is 11.8 Å². The minimum absolute atomic E-state index is 0.0581. The predicted octanol–water partition coefficient (Wildman–Crippen LogP) is 1.19. The molecule has 5 N–H and O–H groups in total. The fourth-order valence-corrected chi connectivity index (χ4v) is 12.6. The van der Waals surface area contributed by atoms with E-state index < -0.39 is 174 Å². The monoisotopic (exact) mass is 1250 g/mol. The Balaban J connectivity index is 1.32. The van der Waals surface area contributed by atoms with Crippen molar-refractivity contribution in [3.8, 4) is 11.4 Å². The van der Waals surface area contributed by atoms with Crippen molar-refractivity contribution >= 4 is 82.0 Å². The highest BCUT2D eigenvalue weighted by Crippen LogP contribution is 2.32. The number of nitrogens with zero attached hydrogens (tertiary/aromatic N) is 7. The molecule has 27 nitrogen and oxygen atoms in total. The number of carbonyl (C=O) groups is 12. The van der Waals surface area contributed by atoms with Crippen LogP contribution in [-0.2, 0) is 57.4 Å². The number of aryl methyl sites for hydroxylation is 1. The van der Waals surface area contributed by atoms with Crippen LogP contribution in [0.2, 0.25) is 0 Å². The van der Waals surface area contributed by atoms with Gasteiger partial charge in [-0.15, -0.1) is 0 Å². The summed E-state index contributed by atoms with van der Waals surface area (Å²) in [7, 11) is 5.64. The van der Waals surface area contributed by atoms with Crippen LogP contribution < -0.4 is 26.7 Å². The van der Waals surface area contributed by atoms with E-state index in [0.717, 1.165) is 9.80 Å². The summed E-state index contributed by atoms with van der Waals surface area (Å²) in [6.45, 7) is 20.2. The standard InChI is InChI=1S/C63H88N12O15/c1-28(2)43-60(85)74-24-18-20-38(74)58(83)70(14)26-40(76)72(16)51(30(5)6)62(87)89-35(12)47(56(81)66-43)68-54(79)37-23-22-32(9)45-49(37)65-50-42(33(10)53(78)34(11)46(50)64-45)55(80)69-48-36(13)90-63(88)52(31(7)8)73(17)41(77)27-71(15)59(84)39-21-19-25-75(39)61(86)44(29(3)4)67-57(48)82/h22-23,28-31,35-36,38-39,43-44,47-48,51-52,64H,18-21,24-27H2,1-17H3,(H,66,81)(H,67,82)(H,68,79)(H,69,80)/t35-,36-,38+,39+,43-,44-,47+,48+,51+,52+/m1/s1. The molecular weight excluding hydrogens is 1160 g/mol. The van der Waals surface area contributed by atoms with E-state index in [2.05, 4.69) is 26.3 Å². The highest BCUT2D eigenvalue weighted by molar-refractivity contribution is 6.10. The number of esters is 2. The number of rotatable bonds is 8. The van der Waals surface area contributed by atoms with Crippen molar-refractivity contribution in [2.75, 3.05) is 54.4 Å². The first-order valence-corrected chi connectivity index (χ1v) is 30.8.